The smallest absolute Gasteiger partial charge is 0.191 e. The Labute approximate surface area is 173 Å². The summed E-state index contributed by atoms with van der Waals surface area (Å²) in [6, 6.07) is 10.1. The minimum atomic E-state index is 0. The van der Waals surface area contributed by atoms with Crippen molar-refractivity contribution in [2.24, 2.45) is 10.7 Å². The summed E-state index contributed by atoms with van der Waals surface area (Å²) in [6.07, 6.45) is 3.68. The normalized spacial score (nSPS) is 15.2. The predicted molar refractivity (Wildman–Crippen MR) is 118 cm³/mol. The van der Waals surface area contributed by atoms with E-state index < -0.39 is 0 Å². The van der Waals surface area contributed by atoms with Crippen molar-refractivity contribution >= 4 is 57.3 Å². The summed E-state index contributed by atoms with van der Waals surface area (Å²) < 4.78 is 0. The second-order valence-electron chi connectivity index (χ2n) is 5.95. The van der Waals surface area contributed by atoms with Crippen LogP contribution < -0.4 is 10.6 Å². The van der Waals surface area contributed by atoms with Gasteiger partial charge in [-0.2, -0.15) is 0 Å². The molecule has 6 nitrogen and oxygen atoms in total. The van der Waals surface area contributed by atoms with Crippen LogP contribution >= 0.6 is 35.3 Å². The van der Waals surface area contributed by atoms with Crippen LogP contribution in [0.25, 0.3) is 10.9 Å². The molecule has 136 valence electrons. The zero-order chi connectivity index (χ0) is 17.1. The number of para-hydroxylation sites is 1. The summed E-state index contributed by atoms with van der Waals surface area (Å²) in [5, 5.41) is 4.23. The highest BCUT2D eigenvalue weighted by Gasteiger charge is 2.19. The number of piperazine rings is 1. The van der Waals surface area contributed by atoms with E-state index >= 15 is 0 Å². The van der Waals surface area contributed by atoms with E-state index in [-0.39, 0.29) is 24.0 Å². The lowest BCUT2D eigenvalue weighted by Gasteiger charge is -2.35. The van der Waals surface area contributed by atoms with E-state index in [9.17, 15) is 0 Å². The summed E-state index contributed by atoms with van der Waals surface area (Å²) in [7, 11) is 0. The number of rotatable bonds is 3. The Kier molecular flexibility index (Phi) is 6.25. The van der Waals surface area contributed by atoms with Crippen molar-refractivity contribution in [3.8, 4) is 0 Å². The molecule has 0 atom stereocenters. The Morgan fingerprint density at radius 2 is 1.88 bits per heavy atom. The predicted octanol–water partition coefficient (Wildman–Crippen LogP) is 2.95. The lowest BCUT2D eigenvalue weighted by Crippen LogP contribution is -2.51. The number of halogens is 1. The third-order valence-corrected chi connectivity index (χ3v) is 5.28. The molecule has 2 N–H and O–H groups in total. The molecular weight excluding hydrogens is 459 g/mol. The molecule has 1 fully saturated rings. The molecule has 1 aliphatic heterocycles. The lowest BCUT2D eigenvalue weighted by molar-refractivity contribution is 0.380. The average molecular weight is 480 g/mol. The van der Waals surface area contributed by atoms with Crippen LogP contribution in [-0.2, 0) is 6.54 Å². The molecule has 8 heteroatoms. The van der Waals surface area contributed by atoms with Crippen molar-refractivity contribution in [3.63, 3.8) is 0 Å². The number of thiazole rings is 1. The van der Waals surface area contributed by atoms with E-state index in [0.717, 1.165) is 47.8 Å². The number of guanidine groups is 1. The van der Waals surface area contributed by atoms with Crippen LogP contribution in [0.15, 0.2) is 53.1 Å². The summed E-state index contributed by atoms with van der Waals surface area (Å²) in [6.45, 7) is 4.14. The van der Waals surface area contributed by atoms with E-state index in [2.05, 4.69) is 30.8 Å². The SMILES string of the molecule is I.NC(=NCc1ccnc2ccccc12)N1CCN(c2nccs2)CC1. The van der Waals surface area contributed by atoms with Crippen molar-refractivity contribution < 1.29 is 0 Å². The van der Waals surface area contributed by atoms with Gasteiger partial charge >= 0.3 is 0 Å². The van der Waals surface area contributed by atoms with Gasteiger partial charge in [-0.3, -0.25) is 4.98 Å². The maximum Gasteiger partial charge on any atom is 0.191 e. The Balaban J connectivity index is 0.00000196. The van der Waals surface area contributed by atoms with E-state index in [1.807, 2.05) is 42.0 Å². The van der Waals surface area contributed by atoms with E-state index in [1.54, 1.807) is 11.3 Å². The summed E-state index contributed by atoms with van der Waals surface area (Å²) in [5.74, 6) is 0.611. The van der Waals surface area contributed by atoms with Gasteiger partial charge in [-0.15, -0.1) is 35.3 Å². The van der Waals surface area contributed by atoms with Gasteiger partial charge in [0.05, 0.1) is 12.1 Å². The molecule has 0 aliphatic carbocycles. The van der Waals surface area contributed by atoms with Gasteiger partial charge in [0, 0.05) is 49.3 Å². The lowest BCUT2D eigenvalue weighted by atomic mass is 10.1. The van der Waals surface area contributed by atoms with Crippen LogP contribution in [0.4, 0.5) is 5.13 Å². The monoisotopic (exact) mass is 480 g/mol. The van der Waals surface area contributed by atoms with Crippen LogP contribution in [0.1, 0.15) is 5.56 Å². The van der Waals surface area contributed by atoms with E-state index in [4.69, 9.17) is 5.73 Å². The molecule has 1 saturated heterocycles. The maximum absolute atomic E-state index is 6.23. The van der Waals surface area contributed by atoms with Gasteiger partial charge in [0.1, 0.15) is 0 Å². The zero-order valence-corrected chi connectivity index (χ0v) is 17.4. The number of fused-ring (bicyclic) bond motifs is 1. The Bertz CT molecular complexity index is 869. The molecule has 3 aromatic rings. The first kappa shape index (κ1) is 18.8. The number of anilines is 1. The molecule has 0 unspecified atom stereocenters. The van der Waals surface area contributed by atoms with Gasteiger partial charge in [0.2, 0.25) is 0 Å². The van der Waals surface area contributed by atoms with Crippen LogP contribution in [0.3, 0.4) is 0 Å². The molecule has 0 bridgehead atoms. The topological polar surface area (TPSA) is 70.6 Å². The average Bonchev–Trinajstić information content (AvgIpc) is 3.21. The Morgan fingerprint density at radius 3 is 2.65 bits per heavy atom. The quantitative estimate of drug-likeness (QED) is 0.355. The van der Waals surface area contributed by atoms with Crippen LogP contribution in [-0.4, -0.2) is 47.0 Å². The van der Waals surface area contributed by atoms with Crippen molar-refractivity contribution in [1.29, 1.82) is 0 Å². The second-order valence-corrected chi connectivity index (χ2v) is 6.82. The van der Waals surface area contributed by atoms with E-state index in [1.165, 1.54) is 0 Å². The Hall–Kier alpha value is -1.94. The van der Waals surface area contributed by atoms with E-state index in [0.29, 0.717) is 12.5 Å². The Morgan fingerprint density at radius 1 is 1.08 bits per heavy atom. The van der Waals surface area contributed by atoms with Gasteiger partial charge in [0.25, 0.3) is 0 Å². The fraction of sp³-hybridized carbons (Fsp3) is 0.278. The number of pyridine rings is 1. The molecule has 26 heavy (non-hydrogen) atoms. The number of nitrogens with two attached hydrogens (primary N) is 1. The summed E-state index contributed by atoms with van der Waals surface area (Å²) in [5.41, 5.74) is 8.37. The first-order valence-corrected chi connectivity index (χ1v) is 9.21. The van der Waals surface area contributed by atoms with Gasteiger partial charge < -0.3 is 15.5 Å². The molecule has 2 aromatic heterocycles. The fourth-order valence-corrected chi connectivity index (χ4v) is 3.75. The largest absolute Gasteiger partial charge is 0.370 e. The minimum absolute atomic E-state index is 0. The van der Waals surface area contributed by atoms with Gasteiger partial charge in [-0.05, 0) is 17.7 Å². The molecule has 1 aliphatic rings. The standard InChI is InChI=1S/C18H20N6S.HI/c19-17(23-8-10-24(11-9-23)18-21-7-12-25-18)22-13-14-5-6-20-16-4-2-1-3-15(14)16;/h1-7,12H,8-11,13H2,(H2,19,22);1H. The molecule has 1 aromatic carbocycles. The zero-order valence-electron chi connectivity index (χ0n) is 14.3. The van der Waals surface area contributed by atoms with Gasteiger partial charge in [0.15, 0.2) is 11.1 Å². The molecular formula is C18H21IN6S. The third-order valence-electron chi connectivity index (χ3n) is 4.44. The number of benzene rings is 1. The number of aromatic nitrogens is 2. The van der Waals surface area contributed by atoms with Crippen LogP contribution in [0.5, 0.6) is 0 Å². The molecule has 0 amide bonds. The molecule has 3 heterocycles. The highest BCUT2D eigenvalue weighted by atomic mass is 127. The number of nitrogens with zero attached hydrogens (tertiary/aromatic N) is 5. The molecule has 4 rings (SSSR count). The maximum atomic E-state index is 6.23. The highest BCUT2D eigenvalue weighted by Crippen LogP contribution is 2.19. The van der Waals surface area contributed by atoms with Crippen LogP contribution in [0.2, 0.25) is 0 Å². The first-order valence-electron chi connectivity index (χ1n) is 8.33. The molecule has 0 spiro atoms. The third kappa shape index (κ3) is 4.07. The van der Waals surface area contributed by atoms with Crippen molar-refractivity contribution in [2.45, 2.75) is 6.54 Å². The van der Waals surface area contributed by atoms with Crippen molar-refractivity contribution in [2.75, 3.05) is 31.1 Å². The second kappa shape index (κ2) is 8.63. The molecule has 0 saturated carbocycles. The van der Waals surface area contributed by atoms with Gasteiger partial charge in [-0.1, -0.05) is 18.2 Å². The molecule has 0 radical (unpaired) electrons. The summed E-state index contributed by atoms with van der Waals surface area (Å²) in [4.78, 5) is 17.8. The van der Waals surface area contributed by atoms with Crippen molar-refractivity contribution in [3.05, 3.63) is 53.7 Å². The van der Waals surface area contributed by atoms with Crippen LogP contribution in [0, 0.1) is 0 Å². The number of aliphatic imine (C=N–C) groups is 1. The van der Waals surface area contributed by atoms with Gasteiger partial charge in [-0.25, -0.2) is 9.98 Å². The summed E-state index contributed by atoms with van der Waals surface area (Å²) >= 11 is 1.68. The van der Waals surface area contributed by atoms with Crippen molar-refractivity contribution in [1.82, 2.24) is 14.9 Å². The highest BCUT2D eigenvalue weighted by molar-refractivity contribution is 14.0. The first-order chi connectivity index (χ1) is 12.3. The minimum Gasteiger partial charge on any atom is -0.370 e. The number of hydrogen-bond acceptors (Lipinski definition) is 5. The number of hydrogen-bond donors (Lipinski definition) is 1. The fourth-order valence-electron chi connectivity index (χ4n) is 3.06.